The molecular weight excluding hydrogens is 362 g/mol. The molecule has 7 nitrogen and oxygen atoms in total. The second kappa shape index (κ2) is 7.03. The van der Waals surface area contributed by atoms with Crippen LogP contribution < -0.4 is 10.3 Å². The summed E-state index contributed by atoms with van der Waals surface area (Å²) in [6.07, 6.45) is 4.48. The zero-order valence-electron chi connectivity index (χ0n) is 15.3. The average molecular weight is 381 g/mol. The van der Waals surface area contributed by atoms with Gasteiger partial charge in [-0.3, -0.25) is 4.79 Å². The maximum absolute atomic E-state index is 13.0. The minimum atomic E-state index is -0.0610. The highest BCUT2D eigenvalue weighted by Crippen LogP contribution is 2.18. The highest BCUT2D eigenvalue weighted by molar-refractivity contribution is 7.98. The molecule has 0 atom stereocenters. The van der Waals surface area contributed by atoms with Crippen molar-refractivity contribution in [3.8, 4) is 5.75 Å². The SMILES string of the molecule is COc1ccc(CCn2ccc3c(c(C)nc4nc(SC)nn43)c2=O)cc1. The molecule has 0 spiro atoms. The van der Waals surface area contributed by atoms with Gasteiger partial charge in [-0.2, -0.15) is 9.50 Å². The standard InChI is InChI=1S/C19H19N5O2S/c1-12-16-15(24-18(20-12)21-19(22-24)27-3)9-11-23(17(16)25)10-8-13-4-6-14(26-2)7-5-13/h4-7,9,11H,8,10H2,1-3H3. The van der Waals surface area contributed by atoms with Gasteiger partial charge in [0.1, 0.15) is 5.75 Å². The Kier molecular flexibility index (Phi) is 4.57. The molecule has 3 aromatic heterocycles. The van der Waals surface area contributed by atoms with Crippen LogP contribution in [0.5, 0.6) is 5.75 Å². The van der Waals surface area contributed by atoms with Gasteiger partial charge in [0.25, 0.3) is 11.3 Å². The molecule has 0 saturated heterocycles. The number of pyridine rings is 1. The first-order valence-corrected chi connectivity index (χ1v) is 9.76. The number of nitrogens with zero attached hydrogens (tertiary/aromatic N) is 5. The number of aromatic nitrogens is 5. The number of thioether (sulfide) groups is 1. The van der Waals surface area contributed by atoms with Crippen LogP contribution in [0.1, 0.15) is 11.3 Å². The molecule has 0 fully saturated rings. The smallest absolute Gasteiger partial charge is 0.261 e. The first-order valence-electron chi connectivity index (χ1n) is 8.54. The van der Waals surface area contributed by atoms with E-state index in [9.17, 15) is 4.79 Å². The van der Waals surface area contributed by atoms with E-state index in [1.54, 1.807) is 16.2 Å². The lowest BCUT2D eigenvalue weighted by Crippen LogP contribution is -2.22. The third-order valence-electron chi connectivity index (χ3n) is 4.55. The number of methoxy groups -OCH3 is 1. The Labute approximate surface area is 160 Å². The van der Waals surface area contributed by atoms with Crippen LogP contribution >= 0.6 is 11.8 Å². The number of benzene rings is 1. The number of hydrogen-bond acceptors (Lipinski definition) is 6. The summed E-state index contributed by atoms with van der Waals surface area (Å²) in [4.78, 5) is 21.9. The molecule has 0 aliphatic heterocycles. The van der Waals surface area contributed by atoms with Crippen molar-refractivity contribution in [2.24, 2.45) is 0 Å². The van der Waals surface area contributed by atoms with E-state index in [0.29, 0.717) is 28.6 Å². The monoisotopic (exact) mass is 381 g/mol. The second-order valence-electron chi connectivity index (χ2n) is 6.18. The molecule has 4 rings (SSSR count). The lowest BCUT2D eigenvalue weighted by molar-refractivity contribution is 0.414. The van der Waals surface area contributed by atoms with Gasteiger partial charge in [0.15, 0.2) is 0 Å². The van der Waals surface area contributed by atoms with Gasteiger partial charge in [-0.05, 0) is 43.4 Å². The van der Waals surface area contributed by atoms with E-state index in [2.05, 4.69) is 15.1 Å². The van der Waals surface area contributed by atoms with E-state index in [-0.39, 0.29) is 5.56 Å². The minimum absolute atomic E-state index is 0.0610. The van der Waals surface area contributed by atoms with Crippen molar-refractivity contribution in [1.29, 1.82) is 0 Å². The highest BCUT2D eigenvalue weighted by atomic mass is 32.2. The van der Waals surface area contributed by atoms with Crippen LogP contribution in [-0.2, 0) is 13.0 Å². The van der Waals surface area contributed by atoms with Crippen molar-refractivity contribution in [1.82, 2.24) is 24.1 Å². The largest absolute Gasteiger partial charge is 0.497 e. The summed E-state index contributed by atoms with van der Waals surface area (Å²) >= 11 is 1.45. The molecule has 27 heavy (non-hydrogen) atoms. The van der Waals surface area contributed by atoms with Gasteiger partial charge in [-0.1, -0.05) is 23.9 Å². The minimum Gasteiger partial charge on any atom is -0.497 e. The summed E-state index contributed by atoms with van der Waals surface area (Å²) in [5.74, 6) is 1.34. The Morgan fingerprint density at radius 2 is 1.93 bits per heavy atom. The molecule has 138 valence electrons. The molecule has 4 aromatic rings. The van der Waals surface area contributed by atoms with E-state index in [1.165, 1.54) is 11.8 Å². The molecule has 0 radical (unpaired) electrons. The highest BCUT2D eigenvalue weighted by Gasteiger charge is 2.14. The normalized spacial score (nSPS) is 11.4. The molecule has 8 heteroatoms. The molecule has 1 aromatic carbocycles. The van der Waals surface area contributed by atoms with Crippen molar-refractivity contribution in [3.05, 3.63) is 58.1 Å². The van der Waals surface area contributed by atoms with Crippen LogP contribution in [-0.4, -0.2) is 37.5 Å². The summed E-state index contributed by atoms with van der Waals surface area (Å²) in [6.45, 7) is 2.43. The topological polar surface area (TPSA) is 74.3 Å². The fourth-order valence-corrected chi connectivity index (χ4v) is 3.45. The van der Waals surface area contributed by atoms with E-state index >= 15 is 0 Å². The predicted octanol–water partition coefficient (Wildman–Crippen LogP) is 2.72. The zero-order valence-corrected chi connectivity index (χ0v) is 16.2. The Hall–Kier alpha value is -2.87. The molecule has 3 heterocycles. The number of aryl methyl sites for hydroxylation is 3. The third kappa shape index (κ3) is 3.16. The van der Waals surface area contributed by atoms with Gasteiger partial charge in [-0.25, -0.2) is 4.98 Å². The van der Waals surface area contributed by atoms with E-state index in [0.717, 1.165) is 23.3 Å². The quantitative estimate of drug-likeness (QED) is 0.495. The molecule has 0 aliphatic carbocycles. The predicted molar refractivity (Wildman–Crippen MR) is 106 cm³/mol. The van der Waals surface area contributed by atoms with Crippen LogP contribution in [0.4, 0.5) is 0 Å². The third-order valence-corrected chi connectivity index (χ3v) is 5.09. The average Bonchev–Trinajstić information content (AvgIpc) is 3.10. The summed E-state index contributed by atoms with van der Waals surface area (Å²) in [6, 6.07) is 9.79. The lowest BCUT2D eigenvalue weighted by Gasteiger charge is -2.09. The van der Waals surface area contributed by atoms with Gasteiger partial charge >= 0.3 is 0 Å². The first kappa shape index (κ1) is 17.5. The van der Waals surface area contributed by atoms with Gasteiger partial charge < -0.3 is 9.30 Å². The fraction of sp³-hybridized carbons (Fsp3) is 0.263. The summed E-state index contributed by atoms with van der Waals surface area (Å²) < 4.78 is 8.54. The molecule has 0 unspecified atom stereocenters. The number of hydrogen-bond donors (Lipinski definition) is 0. The first-order chi connectivity index (χ1) is 13.1. The molecule has 0 aliphatic rings. The zero-order chi connectivity index (χ0) is 19.0. The van der Waals surface area contributed by atoms with Crippen LogP contribution in [0.25, 0.3) is 16.7 Å². The maximum Gasteiger partial charge on any atom is 0.261 e. The van der Waals surface area contributed by atoms with Crippen molar-refractivity contribution in [2.75, 3.05) is 13.4 Å². The Morgan fingerprint density at radius 3 is 2.63 bits per heavy atom. The summed E-state index contributed by atoms with van der Waals surface area (Å²) in [7, 11) is 1.65. The molecule has 0 amide bonds. The van der Waals surface area contributed by atoms with Crippen LogP contribution in [0.3, 0.4) is 0 Å². The van der Waals surface area contributed by atoms with Crippen molar-refractivity contribution in [3.63, 3.8) is 0 Å². The van der Waals surface area contributed by atoms with E-state index < -0.39 is 0 Å². The van der Waals surface area contributed by atoms with E-state index in [1.807, 2.05) is 49.7 Å². The Morgan fingerprint density at radius 1 is 1.15 bits per heavy atom. The Balaban J connectivity index is 1.71. The second-order valence-corrected chi connectivity index (χ2v) is 6.95. The van der Waals surface area contributed by atoms with Crippen molar-refractivity contribution >= 4 is 28.4 Å². The van der Waals surface area contributed by atoms with Crippen LogP contribution in [0.15, 0.2) is 46.5 Å². The van der Waals surface area contributed by atoms with Crippen LogP contribution in [0, 0.1) is 6.92 Å². The summed E-state index contributed by atoms with van der Waals surface area (Å²) in [5.41, 5.74) is 2.49. The molecule has 0 saturated carbocycles. The lowest BCUT2D eigenvalue weighted by atomic mass is 10.1. The number of ether oxygens (including phenoxy) is 1. The van der Waals surface area contributed by atoms with Crippen molar-refractivity contribution in [2.45, 2.75) is 25.0 Å². The van der Waals surface area contributed by atoms with Gasteiger partial charge in [0.2, 0.25) is 5.16 Å². The van der Waals surface area contributed by atoms with Crippen molar-refractivity contribution < 1.29 is 4.74 Å². The maximum atomic E-state index is 13.0. The number of fused-ring (bicyclic) bond motifs is 3. The van der Waals surface area contributed by atoms with Gasteiger partial charge in [0, 0.05) is 12.7 Å². The molecular formula is C19H19N5O2S. The van der Waals surface area contributed by atoms with Gasteiger partial charge in [0.05, 0.1) is 23.7 Å². The molecule has 0 bridgehead atoms. The van der Waals surface area contributed by atoms with Gasteiger partial charge in [-0.15, -0.1) is 5.10 Å². The molecule has 0 N–H and O–H groups in total. The Bertz CT molecular complexity index is 1180. The summed E-state index contributed by atoms with van der Waals surface area (Å²) in [5, 5.41) is 5.65. The van der Waals surface area contributed by atoms with E-state index in [4.69, 9.17) is 4.74 Å². The number of rotatable bonds is 5. The van der Waals surface area contributed by atoms with Crippen LogP contribution in [0.2, 0.25) is 0 Å². The fourth-order valence-electron chi connectivity index (χ4n) is 3.11.